The van der Waals surface area contributed by atoms with E-state index < -0.39 is 0 Å². The number of hydrogen-bond donors (Lipinski definition) is 0. The zero-order valence-electron chi connectivity index (χ0n) is 12.6. The second kappa shape index (κ2) is 7.48. The van der Waals surface area contributed by atoms with Gasteiger partial charge in [0.25, 0.3) is 0 Å². The van der Waals surface area contributed by atoms with Crippen molar-refractivity contribution in [2.75, 3.05) is 26.7 Å². The molecule has 0 spiro atoms. The topological polar surface area (TPSA) is 23.6 Å². The molecule has 3 nitrogen and oxygen atoms in total. The quantitative estimate of drug-likeness (QED) is 0.826. The van der Waals surface area contributed by atoms with Gasteiger partial charge in [-0.2, -0.15) is 0 Å². The van der Waals surface area contributed by atoms with Gasteiger partial charge in [0.2, 0.25) is 5.91 Å². The SMILES string of the molecule is C[C@H](CN1CCCC1)N(C)C(=O)Cc1ccc(Cl)c(Cl)c1. The number of likely N-dealkylation sites (tertiary alicyclic amines) is 1. The molecule has 0 N–H and O–H groups in total. The van der Waals surface area contributed by atoms with Gasteiger partial charge in [-0.1, -0.05) is 29.3 Å². The fourth-order valence-corrected chi connectivity index (χ4v) is 2.98. The van der Waals surface area contributed by atoms with Crippen LogP contribution in [0.3, 0.4) is 0 Å². The second-order valence-corrected chi connectivity index (χ2v) is 6.60. The number of hydrogen-bond acceptors (Lipinski definition) is 2. The van der Waals surface area contributed by atoms with Gasteiger partial charge in [0.05, 0.1) is 16.5 Å². The molecule has 1 aromatic carbocycles. The molecular weight excluding hydrogens is 307 g/mol. The lowest BCUT2D eigenvalue weighted by molar-refractivity contribution is -0.131. The van der Waals surface area contributed by atoms with Crippen LogP contribution in [-0.2, 0) is 11.2 Å². The number of likely N-dealkylation sites (N-methyl/N-ethyl adjacent to an activating group) is 1. The Morgan fingerprint density at radius 1 is 1.29 bits per heavy atom. The number of nitrogens with zero attached hydrogens (tertiary/aromatic N) is 2. The van der Waals surface area contributed by atoms with Crippen molar-refractivity contribution in [3.63, 3.8) is 0 Å². The summed E-state index contributed by atoms with van der Waals surface area (Å²) in [6.45, 7) is 5.35. The van der Waals surface area contributed by atoms with E-state index in [-0.39, 0.29) is 11.9 Å². The number of amides is 1. The Morgan fingerprint density at radius 3 is 2.57 bits per heavy atom. The van der Waals surface area contributed by atoms with Crippen LogP contribution in [0.25, 0.3) is 0 Å². The van der Waals surface area contributed by atoms with Crippen molar-refractivity contribution in [2.24, 2.45) is 0 Å². The molecule has 0 saturated carbocycles. The lowest BCUT2D eigenvalue weighted by atomic mass is 10.1. The van der Waals surface area contributed by atoms with Crippen LogP contribution in [0.4, 0.5) is 0 Å². The fourth-order valence-electron chi connectivity index (χ4n) is 2.66. The van der Waals surface area contributed by atoms with Gasteiger partial charge >= 0.3 is 0 Å². The molecule has 1 atom stereocenters. The van der Waals surface area contributed by atoms with E-state index in [0.717, 1.165) is 25.2 Å². The number of benzene rings is 1. The molecule has 5 heteroatoms. The lowest BCUT2D eigenvalue weighted by Gasteiger charge is -2.29. The zero-order valence-corrected chi connectivity index (χ0v) is 14.1. The van der Waals surface area contributed by atoms with Crippen LogP contribution in [0, 0.1) is 0 Å². The Balaban J connectivity index is 1.90. The van der Waals surface area contributed by atoms with Crippen LogP contribution in [0.5, 0.6) is 0 Å². The predicted molar refractivity (Wildman–Crippen MR) is 88.1 cm³/mol. The molecule has 1 aromatic rings. The Labute approximate surface area is 136 Å². The predicted octanol–water partition coefficient (Wildman–Crippen LogP) is 3.48. The summed E-state index contributed by atoms with van der Waals surface area (Å²) >= 11 is 11.9. The summed E-state index contributed by atoms with van der Waals surface area (Å²) in [6, 6.07) is 5.57. The summed E-state index contributed by atoms with van der Waals surface area (Å²) in [4.78, 5) is 16.6. The average Bonchev–Trinajstić information content (AvgIpc) is 2.94. The maximum absolute atomic E-state index is 12.4. The summed E-state index contributed by atoms with van der Waals surface area (Å²) in [7, 11) is 1.88. The number of rotatable bonds is 5. The third-order valence-corrected chi connectivity index (χ3v) is 4.85. The minimum Gasteiger partial charge on any atom is -0.341 e. The zero-order chi connectivity index (χ0) is 15.4. The summed E-state index contributed by atoms with van der Waals surface area (Å²) < 4.78 is 0. The van der Waals surface area contributed by atoms with Crippen molar-refractivity contribution in [1.82, 2.24) is 9.80 Å². The molecule has 1 amide bonds. The molecule has 0 aliphatic carbocycles. The van der Waals surface area contributed by atoms with E-state index in [9.17, 15) is 4.79 Å². The minimum atomic E-state index is 0.111. The maximum Gasteiger partial charge on any atom is 0.227 e. The van der Waals surface area contributed by atoms with Gasteiger partial charge in [-0.3, -0.25) is 4.79 Å². The van der Waals surface area contributed by atoms with E-state index in [1.165, 1.54) is 12.8 Å². The highest BCUT2D eigenvalue weighted by Gasteiger charge is 2.20. The normalized spacial score (nSPS) is 17.0. The molecule has 1 heterocycles. The first kappa shape index (κ1) is 16.6. The van der Waals surface area contributed by atoms with Crippen LogP contribution in [0.15, 0.2) is 18.2 Å². The van der Waals surface area contributed by atoms with E-state index in [2.05, 4.69) is 11.8 Å². The van der Waals surface area contributed by atoms with Gasteiger partial charge in [0.1, 0.15) is 0 Å². The monoisotopic (exact) mass is 328 g/mol. The summed E-state index contributed by atoms with van der Waals surface area (Å²) in [5.74, 6) is 0.111. The number of carbonyl (C=O) groups is 1. The summed E-state index contributed by atoms with van der Waals surface area (Å²) in [5, 5.41) is 1.01. The first-order valence-electron chi connectivity index (χ1n) is 7.39. The first-order chi connectivity index (χ1) is 9.97. The van der Waals surface area contributed by atoms with E-state index >= 15 is 0 Å². The van der Waals surface area contributed by atoms with Gasteiger partial charge in [0, 0.05) is 19.6 Å². The highest BCUT2D eigenvalue weighted by molar-refractivity contribution is 6.42. The van der Waals surface area contributed by atoms with E-state index in [4.69, 9.17) is 23.2 Å². The summed E-state index contributed by atoms with van der Waals surface area (Å²) in [5.41, 5.74) is 0.898. The maximum atomic E-state index is 12.4. The van der Waals surface area contributed by atoms with E-state index in [1.54, 1.807) is 12.1 Å². The summed E-state index contributed by atoms with van der Waals surface area (Å²) in [6.07, 6.45) is 2.90. The highest BCUT2D eigenvalue weighted by Crippen LogP contribution is 2.23. The first-order valence-corrected chi connectivity index (χ1v) is 8.15. The molecule has 0 unspecified atom stereocenters. The van der Waals surface area contributed by atoms with Gasteiger partial charge in [-0.05, 0) is 50.6 Å². The molecule has 0 bridgehead atoms. The van der Waals surface area contributed by atoms with Crippen LogP contribution in [0.1, 0.15) is 25.3 Å². The minimum absolute atomic E-state index is 0.111. The molecule has 0 radical (unpaired) electrons. The molecule has 0 aromatic heterocycles. The largest absolute Gasteiger partial charge is 0.341 e. The molecule has 1 saturated heterocycles. The molecule has 21 heavy (non-hydrogen) atoms. The van der Waals surface area contributed by atoms with Crippen molar-refractivity contribution < 1.29 is 4.79 Å². The molecule has 2 rings (SSSR count). The highest BCUT2D eigenvalue weighted by atomic mass is 35.5. The molecule has 1 fully saturated rings. The van der Waals surface area contributed by atoms with Gasteiger partial charge in [-0.15, -0.1) is 0 Å². The van der Waals surface area contributed by atoms with Crippen molar-refractivity contribution in [3.05, 3.63) is 33.8 Å². The van der Waals surface area contributed by atoms with Gasteiger partial charge < -0.3 is 9.80 Å². The molecule has 1 aliphatic heterocycles. The second-order valence-electron chi connectivity index (χ2n) is 5.79. The smallest absolute Gasteiger partial charge is 0.227 e. The van der Waals surface area contributed by atoms with Gasteiger partial charge in [0.15, 0.2) is 0 Å². The Morgan fingerprint density at radius 2 is 1.95 bits per heavy atom. The Kier molecular flexibility index (Phi) is 5.91. The Hall–Kier alpha value is -0.770. The number of halogens is 2. The van der Waals surface area contributed by atoms with Crippen LogP contribution >= 0.6 is 23.2 Å². The third kappa shape index (κ3) is 4.60. The molecule has 116 valence electrons. The third-order valence-electron chi connectivity index (χ3n) is 4.12. The standard InChI is InChI=1S/C16H22Cl2N2O/c1-12(11-20-7-3-4-8-20)19(2)16(21)10-13-5-6-14(17)15(18)9-13/h5-6,9,12H,3-4,7-8,10-11H2,1-2H3/t12-/m1/s1. The van der Waals surface area contributed by atoms with Crippen LogP contribution < -0.4 is 0 Å². The Bertz CT molecular complexity index is 501. The van der Waals surface area contributed by atoms with Crippen molar-refractivity contribution in [2.45, 2.75) is 32.2 Å². The van der Waals surface area contributed by atoms with E-state index in [0.29, 0.717) is 16.5 Å². The van der Waals surface area contributed by atoms with Crippen LogP contribution in [-0.4, -0.2) is 48.4 Å². The lowest BCUT2D eigenvalue weighted by Crippen LogP contribution is -2.43. The molecule has 1 aliphatic rings. The van der Waals surface area contributed by atoms with Crippen molar-refractivity contribution >= 4 is 29.1 Å². The van der Waals surface area contributed by atoms with Crippen molar-refractivity contribution in [1.29, 1.82) is 0 Å². The van der Waals surface area contributed by atoms with Crippen molar-refractivity contribution in [3.8, 4) is 0 Å². The van der Waals surface area contributed by atoms with E-state index in [1.807, 2.05) is 18.0 Å². The fraction of sp³-hybridized carbons (Fsp3) is 0.562. The number of carbonyl (C=O) groups excluding carboxylic acids is 1. The van der Waals surface area contributed by atoms with Crippen LogP contribution in [0.2, 0.25) is 10.0 Å². The average molecular weight is 329 g/mol. The molecular formula is C16H22Cl2N2O. The van der Waals surface area contributed by atoms with Gasteiger partial charge in [-0.25, -0.2) is 0 Å².